The van der Waals surface area contributed by atoms with Gasteiger partial charge in [-0.05, 0) is 40.0 Å². The largest absolute Gasteiger partial charge is 0.0917 e. The quantitative estimate of drug-likeness (QED) is 0.315. The number of rotatable bonds is 10. The van der Waals surface area contributed by atoms with E-state index in [9.17, 15) is 0 Å². The van der Waals surface area contributed by atoms with Crippen LogP contribution in [0.1, 0.15) is 52.7 Å². The predicted molar refractivity (Wildman–Crippen MR) is 152 cm³/mol. The zero-order valence-electron chi connectivity index (χ0n) is 21.2. The predicted octanol–water partition coefficient (Wildman–Crippen LogP) is 8.15. The SMILES string of the molecule is C=C1C=C(c2ccc([Si](CC)(CC)CC)cc2)C(c2ccc([Si](CC)(CC)CC)cc2)=C1. The van der Waals surface area contributed by atoms with E-state index in [0.29, 0.717) is 0 Å². The van der Waals surface area contributed by atoms with Crippen molar-refractivity contribution in [3.05, 3.63) is 84.0 Å². The summed E-state index contributed by atoms with van der Waals surface area (Å²) < 4.78 is 0. The van der Waals surface area contributed by atoms with Crippen LogP contribution in [0, 0.1) is 0 Å². The second-order valence-electron chi connectivity index (χ2n) is 9.53. The minimum absolute atomic E-state index is 1.10. The zero-order chi connectivity index (χ0) is 23.4. The minimum atomic E-state index is -1.33. The molecule has 0 aliphatic heterocycles. The Morgan fingerprint density at radius 1 is 0.500 bits per heavy atom. The summed E-state index contributed by atoms with van der Waals surface area (Å²) in [5, 5.41) is 3.22. The van der Waals surface area contributed by atoms with E-state index < -0.39 is 16.1 Å². The third-order valence-electron chi connectivity index (χ3n) is 8.63. The van der Waals surface area contributed by atoms with Gasteiger partial charge in [0, 0.05) is 0 Å². The van der Waals surface area contributed by atoms with Gasteiger partial charge in [0.1, 0.15) is 0 Å². The average molecular weight is 459 g/mol. The van der Waals surface area contributed by atoms with Crippen molar-refractivity contribution in [3.8, 4) is 0 Å². The van der Waals surface area contributed by atoms with Crippen LogP contribution in [-0.2, 0) is 0 Å². The summed E-state index contributed by atoms with van der Waals surface area (Å²) in [7, 11) is -2.67. The first kappa shape index (κ1) is 24.7. The van der Waals surface area contributed by atoms with Crippen LogP contribution in [0.25, 0.3) is 11.1 Å². The van der Waals surface area contributed by atoms with Crippen molar-refractivity contribution in [1.29, 1.82) is 0 Å². The molecule has 0 heterocycles. The fourth-order valence-corrected chi connectivity index (χ4v) is 13.0. The van der Waals surface area contributed by atoms with Crippen LogP contribution < -0.4 is 10.4 Å². The number of allylic oxidation sites excluding steroid dienone is 5. The van der Waals surface area contributed by atoms with E-state index in [2.05, 4.69) is 109 Å². The maximum atomic E-state index is 4.26. The summed E-state index contributed by atoms with van der Waals surface area (Å²) >= 11 is 0. The number of benzene rings is 2. The standard InChI is InChI=1S/C30H42Si2/c1-8-31(9-2,10-3)27-18-14-25(15-19-27)29-22-24(7)23-30(29)26-16-20-28(21-17-26)32(11-4,12-5)13-6/h14-23H,7-13H2,1-6H3. The molecule has 0 amide bonds. The Kier molecular flexibility index (Phi) is 8.00. The van der Waals surface area contributed by atoms with Crippen molar-refractivity contribution in [2.45, 2.75) is 77.8 Å². The molecule has 0 atom stereocenters. The molecule has 32 heavy (non-hydrogen) atoms. The van der Waals surface area contributed by atoms with E-state index in [-0.39, 0.29) is 0 Å². The first-order chi connectivity index (χ1) is 15.4. The molecule has 0 N–H and O–H groups in total. The molecule has 2 heteroatoms. The molecular formula is C30H42Si2. The lowest BCUT2D eigenvalue weighted by molar-refractivity contribution is 1.19. The lowest BCUT2D eigenvalue weighted by Crippen LogP contribution is -2.45. The Morgan fingerprint density at radius 3 is 1.03 bits per heavy atom. The van der Waals surface area contributed by atoms with Crippen molar-refractivity contribution in [3.63, 3.8) is 0 Å². The highest BCUT2D eigenvalue weighted by Gasteiger charge is 2.30. The molecule has 2 aromatic rings. The van der Waals surface area contributed by atoms with Crippen LogP contribution in [0.2, 0.25) is 36.3 Å². The maximum Gasteiger partial charge on any atom is 0.0859 e. The van der Waals surface area contributed by atoms with Gasteiger partial charge in [0.2, 0.25) is 0 Å². The fraction of sp³-hybridized carbons (Fsp3) is 0.400. The highest BCUT2D eigenvalue weighted by molar-refractivity contribution is 6.92. The Labute approximate surface area is 199 Å². The molecule has 0 spiro atoms. The summed E-state index contributed by atoms with van der Waals surface area (Å²) in [4.78, 5) is 0. The topological polar surface area (TPSA) is 0 Å². The molecule has 0 radical (unpaired) electrons. The normalized spacial score (nSPS) is 14.5. The molecule has 0 unspecified atom stereocenters. The third kappa shape index (κ3) is 4.45. The van der Waals surface area contributed by atoms with Crippen molar-refractivity contribution < 1.29 is 0 Å². The highest BCUT2D eigenvalue weighted by Crippen LogP contribution is 2.38. The van der Waals surface area contributed by atoms with Gasteiger partial charge >= 0.3 is 0 Å². The van der Waals surface area contributed by atoms with Gasteiger partial charge in [-0.2, -0.15) is 0 Å². The van der Waals surface area contributed by atoms with Crippen molar-refractivity contribution in [2.75, 3.05) is 0 Å². The van der Waals surface area contributed by atoms with Gasteiger partial charge in [-0.25, -0.2) is 0 Å². The lowest BCUT2D eigenvalue weighted by atomic mass is 9.95. The highest BCUT2D eigenvalue weighted by atomic mass is 28.3. The van der Waals surface area contributed by atoms with E-state index in [1.54, 1.807) is 10.4 Å². The van der Waals surface area contributed by atoms with Gasteiger partial charge in [0.05, 0.1) is 16.1 Å². The Balaban J connectivity index is 1.93. The summed E-state index contributed by atoms with van der Waals surface area (Å²) in [5.41, 5.74) is 6.36. The van der Waals surface area contributed by atoms with Gasteiger partial charge in [-0.3, -0.25) is 0 Å². The van der Waals surface area contributed by atoms with Gasteiger partial charge in [0.25, 0.3) is 0 Å². The van der Waals surface area contributed by atoms with Gasteiger partial charge in [0.15, 0.2) is 0 Å². The third-order valence-corrected chi connectivity index (χ3v) is 19.9. The summed E-state index contributed by atoms with van der Waals surface area (Å²) in [6.45, 7) is 18.6. The average Bonchev–Trinajstić information content (AvgIpc) is 3.24. The molecule has 170 valence electrons. The molecule has 3 rings (SSSR count). The minimum Gasteiger partial charge on any atom is -0.0917 e. The smallest absolute Gasteiger partial charge is 0.0859 e. The van der Waals surface area contributed by atoms with Crippen molar-refractivity contribution in [1.82, 2.24) is 0 Å². The zero-order valence-corrected chi connectivity index (χ0v) is 23.2. The van der Waals surface area contributed by atoms with Gasteiger partial charge in [-0.15, -0.1) is 0 Å². The van der Waals surface area contributed by atoms with Crippen LogP contribution >= 0.6 is 0 Å². The van der Waals surface area contributed by atoms with Crippen LogP contribution in [0.15, 0.2) is 72.8 Å². The van der Waals surface area contributed by atoms with E-state index in [4.69, 9.17) is 0 Å². The fourth-order valence-electron chi connectivity index (χ4n) is 5.78. The first-order valence-corrected chi connectivity index (χ1v) is 18.0. The maximum absolute atomic E-state index is 4.26. The summed E-state index contributed by atoms with van der Waals surface area (Å²) in [6, 6.07) is 27.1. The molecule has 0 saturated heterocycles. The van der Waals surface area contributed by atoms with Crippen molar-refractivity contribution >= 4 is 37.7 Å². The van der Waals surface area contributed by atoms with Gasteiger partial charge < -0.3 is 0 Å². The molecule has 1 aliphatic carbocycles. The molecule has 0 nitrogen and oxygen atoms in total. The molecule has 0 aromatic heterocycles. The van der Waals surface area contributed by atoms with Gasteiger partial charge in [-0.1, -0.05) is 143 Å². The summed E-state index contributed by atoms with van der Waals surface area (Å²) in [6.07, 6.45) is 4.51. The van der Waals surface area contributed by atoms with E-state index in [1.165, 1.54) is 58.5 Å². The number of hydrogen-bond acceptors (Lipinski definition) is 0. The molecule has 1 aliphatic rings. The Morgan fingerprint density at radius 2 is 0.781 bits per heavy atom. The second-order valence-corrected chi connectivity index (χ2v) is 20.0. The van der Waals surface area contributed by atoms with E-state index in [1.807, 2.05) is 0 Å². The Hall–Kier alpha value is -1.91. The molecule has 0 bridgehead atoms. The van der Waals surface area contributed by atoms with E-state index >= 15 is 0 Å². The lowest BCUT2D eigenvalue weighted by Gasteiger charge is -2.29. The monoisotopic (exact) mass is 458 g/mol. The van der Waals surface area contributed by atoms with Crippen molar-refractivity contribution in [2.24, 2.45) is 0 Å². The second kappa shape index (κ2) is 10.4. The molecule has 2 aromatic carbocycles. The molecule has 0 fully saturated rings. The van der Waals surface area contributed by atoms with Crippen LogP contribution in [0.3, 0.4) is 0 Å². The van der Waals surface area contributed by atoms with E-state index in [0.717, 1.165) is 5.57 Å². The van der Waals surface area contributed by atoms with Crippen LogP contribution in [-0.4, -0.2) is 16.1 Å². The van der Waals surface area contributed by atoms with Crippen LogP contribution in [0.4, 0.5) is 0 Å². The molecular weight excluding hydrogens is 417 g/mol. The first-order valence-electron chi connectivity index (χ1n) is 12.8. The molecule has 0 saturated carbocycles. The number of hydrogen-bond donors (Lipinski definition) is 0. The summed E-state index contributed by atoms with van der Waals surface area (Å²) in [5.74, 6) is 0. The Bertz CT molecular complexity index is 884. The van der Waals surface area contributed by atoms with Crippen LogP contribution in [0.5, 0.6) is 0 Å².